The summed E-state index contributed by atoms with van der Waals surface area (Å²) < 4.78 is 2.95. The maximum absolute atomic E-state index is 5.97. The highest BCUT2D eigenvalue weighted by atomic mass is 79.9. The molecule has 0 aromatic carbocycles. The molecule has 2 heterocycles. The van der Waals surface area contributed by atoms with E-state index in [1.54, 1.807) is 0 Å². The van der Waals surface area contributed by atoms with E-state index in [4.69, 9.17) is 5.73 Å². The second-order valence-corrected chi connectivity index (χ2v) is 4.25. The highest BCUT2D eigenvalue weighted by Crippen LogP contribution is 2.22. The Morgan fingerprint density at radius 1 is 1.57 bits per heavy atom. The summed E-state index contributed by atoms with van der Waals surface area (Å²) >= 11 is 3.44. The Kier molecular flexibility index (Phi) is 2.23. The van der Waals surface area contributed by atoms with Gasteiger partial charge in [-0.25, -0.2) is 4.98 Å². The van der Waals surface area contributed by atoms with Crippen molar-refractivity contribution in [2.45, 2.75) is 20.3 Å². The van der Waals surface area contributed by atoms with Crippen LogP contribution in [-0.4, -0.2) is 9.38 Å². The number of aryl methyl sites for hydroxylation is 2. The number of anilines is 1. The Morgan fingerprint density at radius 2 is 2.29 bits per heavy atom. The number of aromatic nitrogens is 2. The van der Waals surface area contributed by atoms with Crippen molar-refractivity contribution >= 4 is 27.4 Å². The predicted molar refractivity (Wildman–Crippen MR) is 61.4 cm³/mol. The van der Waals surface area contributed by atoms with E-state index in [9.17, 15) is 0 Å². The monoisotopic (exact) mass is 253 g/mol. The number of halogens is 1. The molecule has 0 radical (unpaired) electrons. The predicted octanol–water partition coefficient (Wildman–Crippen LogP) is 2.55. The molecule has 3 nitrogen and oxygen atoms in total. The van der Waals surface area contributed by atoms with Crippen molar-refractivity contribution in [1.29, 1.82) is 0 Å². The first kappa shape index (κ1) is 9.52. The molecule has 0 fully saturated rings. The molecular weight excluding hydrogens is 242 g/mol. The summed E-state index contributed by atoms with van der Waals surface area (Å²) in [5.41, 5.74) is 9.01. The Hall–Kier alpha value is -1.03. The van der Waals surface area contributed by atoms with Crippen molar-refractivity contribution in [3.05, 3.63) is 28.0 Å². The highest BCUT2D eigenvalue weighted by Gasteiger charge is 2.09. The lowest BCUT2D eigenvalue weighted by atomic mass is 10.3. The van der Waals surface area contributed by atoms with Crippen molar-refractivity contribution < 1.29 is 0 Å². The Balaban J connectivity index is 2.85. The molecule has 0 saturated heterocycles. The van der Waals surface area contributed by atoms with Gasteiger partial charge in [0.2, 0.25) is 0 Å². The number of nitrogens with two attached hydrogens (primary N) is 1. The minimum Gasteiger partial charge on any atom is -0.383 e. The second kappa shape index (κ2) is 3.28. The molecule has 0 aliphatic carbocycles. The third-order valence-electron chi connectivity index (χ3n) is 2.32. The average Bonchev–Trinajstić information content (AvgIpc) is 2.44. The summed E-state index contributed by atoms with van der Waals surface area (Å²) in [4.78, 5) is 4.49. The molecule has 0 atom stereocenters. The summed E-state index contributed by atoms with van der Waals surface area (Å²) in [6.07, 6.45) is 2.81. The van der Waals surface area contributed by atoms with Crippen LogP contribution >= 0.6 is 15.9 Å². The smallest absolute Gasteiger partial charge is 0.141 e. The van der Waals surface area contributed by atoms with Crippen molar-refractivity contribution in [1.82, 2.24) is 9.38 Å². The van der Waals surface area contributed by atoms with Crippen LogP contribution in [0.2, 0.25) is 0 Å². The summed E-state index contributed by atoms with van der Waals surface area (Å²) in [7, 11) is 0. The van der Waals surface area contributed by atoms with Crippen molar-refractivity contribution in [3.63, 3.8) is 0 Å². The van der Waals surface area contributed by atoms with Crippen molar-refractivity contribution in [2.75, 3.05) is 5.73 Å². The Morgan fingerprint density at radius 3 is 2.93 bits per heavy atom. The maximum atomic E-state index is 5.97. The van der Waals surface area contributed by atoms with Crippen LogP contribution in [0.25, 0.3) is 5.65 Å². The lowest BCUT2D eigenvalue weighted by molar-refractivity contribution is 1.07. The van der Waals surface area contributed by atoms with Gasteiger partial charge in [0.05, 0.1) is 5.69 Å². The zero-order chi connectivity index (χ0) is 10.3. The first-order valence-electron chi connectivity index (χ1n) is 4.56. The van der Waals surface area contributed by atoms with Crippen LogP contribution < -0.4 is 5.73 Å². The topological polar surface area (TPSA) is 43.3 Å². The Bertz CT molecular complexity index is 488. The molecule has 0 saturated carbocycles. The van der Waals surface area contributed by atoms with Crippen molar-refractivity contribution in [3.8, 4) is 0 Å². The van der Waals surface area contributed by atoms with Gasteiger partial charge in [0.25, 0.3) is 0 Å². The van der Waals surface area contributed by atoms with E-state index in [1.807, 2.05) is 23.6 Å². The van der Waals surface area contributed by atoms with Crippen LogP contribution in [0.15, 0.2) is 16.7 Å². The SMILES string of the molecule is CCc1nc2c(C)cc(Br)cn2c1N. The fraction of sp³-hybridized carbons (Fsp3) is 0.300. The summed E-state index contributed by atoms with van der Waals surface area (Å²) in [6.45, 7) is 4.09. The molecule has 0 bridgehead atoms. The number of hydrogen-bond donors (Lipinski definition) is 1. The van der Waals surface area contributed by atoms with Crippen LogP contribution in [0.5, 0.6) is 0 Å². The average molecular weight is 254 g/mol. The molecule has 0 aliphatic heterocycles. The van der Waals surface area contributed by atoms with Gasteiger partial charge in [0, 0.05) is 10.7 Å². The van der Waals surface area contributed by atoms with E-state index in [2.05, 4.69) is 27.8 Å². The van der Waals surface area contributed by atoms with Crippen LogP contribution in [0.3, 0.4) is 0 Å². The molecule has 0 aliphatic rings. The number of rotatable bonds is 1. The van der Waals surface area contributed by atoms with E-state index in [-0.39, 0.29) is 0 Å². The van der Waals surface area contributed by atoms with Crippen LogP contribution in [0.4, 0.5) is 5.82 Å². The molecule has 4 heteroatoms. The number of nitrogen functional groups attached to an aromatic ring is 1. The Labute approximate surface area is 91.1 Å². The third-order valence-corrected chi connectivity index (χ3v) is 2.75. The largest absolute Gasteiger partial charge is 0.383 e. The normalized spacial score (nSPS) is 11.1. The van der Waals surface area contributed by atoms with Crippen LogP contribution in [-0.2, 0) is 6.42 Å². The van der Waals surface area contributed by atoms with Crippen LogP contribution in [0, 0.1) is 6.92 Å². The van der Waals surface area contributed by atoms with E-state index in [1.165, 1.54) is 0 Å². The molecular formula is C10H12BrN3. The zero-order valence-electron chi connectivity index (χ0n) is 8.21. The molecule has 2 aromatic heterocycles. The van der Waals surface area contributed by atoms with Crippen molar-refractivity contribution in [2.24, 2.45) is 0 Å². The molecule has 2 aromatic rings. The highest BCUT2D eigenvalue weighted by molar-refractivity contribution is 9.10. The first-order valence-corrected chi connectivity index (χ1v) is 5.35. The van der Waals surface area contributed by atoms with Gasteiger partial charge < -0.3 is 5.73 Å². The zero-order valence-corrected chi connectivity index (χ0v) is 9.80. The molecule has 0 unspecified atom stereocenters. The van der Waals surface area contributed by atoms with Gasteiger partial charge in [-0.15, -0.1) is 0 Å². The third kappa shape index (κ3) is 1.30. The first-order chi connectivity index (χ1) is 6.63. The van der Waals surface area contributed by atoms with E-state index in [0.29, 0.717) is 0 Å². The fourth-order valence-corrected chi connectivity index (χ4v) is 2.14. The fourth-order valence-electron chi connectivity index (χ4n) is 1.59. The van der Waals surface area contributed by atoms with E-state index in [0.717, 1.165) is 33.6 Å². The van der Waals surface area contributed by atoms with E-state index < -0.39 is 0 Å². The van der Waals surface area contributed by atoms with Gasteiger partial charge in [-0.3, -0.25) is 4.40 Å². The maximum Gasteiger partial charge on any atom is 0.141 e. The lowest BCUT2D eigenvalue weighted by Crippen LogP contribution is -1.95. The van der Waals surface area contributed by atoms with Gasteiger partial charge in [-0.2, -0.15) is 0 Å². The van der Waals surface area contributed by atoms with Gasteiger partial charge in [0.1, 0.15) is 11.5 Å². The summed E-state index contributed by atoms with van der Waals surface area (Å²) in [6, 6.07) is 2.04. The molecule has 2 rings (SSSR count). The van der Waals surface area contributed by atoms with Gasteiger partial charge in [0.15, 0.2) is 0 Å². The van der Waals surface area contributed by atoms with Gasteiger partial charge in [-0.05, 0) is 40.9 Å². The minimum atomic E-state index is 0.743. The van der Waals surface area contributed by atoms with Crippen LogP contribution in [0.1, 0.15) is 18.2 Å². The summed E-state index contributed by atoms with van der Waals surface area (Å²) in [5.74, 6) is 0.743. The van der Waals surface area contributed by atoms with Gasteiger partial charge in [-0.1, -0.05) is 6.92 Å². The number of imidazole rings is 1. The molecule has 14 heavy (non-hydrogen) atoms. The quantitative estimate of drug-likeness (QED) is 0.849. The minimum absolute atomic E-state index is 0.743. The molecule has 0 amide bonds. The summed E-state index contributed by atoms with van der Waals surface area (Å²) in [5, 5.41) is 0. The number of hydrogen-bond acceptors (Lipinski definition) is 2. The number of pyridine rings is 1. The number of nitrogens with zero attached hydrogens (tertiary/aromatic N) is 2. The molecule has 2 N–H and O–H groups in total. The second-order valence-electron chi connectivity index (χ2n) is 3.33. The standard InChI is InChI=1S/C10H12BrN3/c1-3-8-9(12)14-5-7(11)4-6(2)10(14)13-8/h4-5H,3,12H2,1-2H3. The molecule has 74 valence electrons. The van der Waals surface area contributed by atoms with Gasteiger partial charge >= 0.3 is 0 Å². The number of fused-ring (bicyclic) bond motifs is 1. The lowest BCUT2D eigenvalue weighted by Gasteiger charge is -2.00. The molecule has 0 spiro atoms. The van der Waals surface area contributed by atoms with E-state index >= 15 is 0 Å².